The van der Waals surface area contributed by atoms with Gasteiger partial charge >= 0.3 is 0 Å². The van der Waals surface area contributed by atoms with Gasteiger partial charge in [-0.1, -0.05) is 36.4 Å². The van der Waals surface area contributed by atoms with E-state index in [1.54, 1.807) is 19.2 Å². The predicted octanol–water partition coefficient (Wildman–Crippen LogP) is 5.16. The van der Waals surface area contributed by atoms with Gasteiger partial charge in [0.1, 0.15) is 17.7 Å². The van der Waals surface area contributed by atoms with Crippen molar-refractivity contribution in [3.8, 4) is 17.2 Å². The third-order valence-corrected chi connectivity index (χ3v) is 5.31. The fourth-order valence-electron chi connectivity index (χ4n) is 3.82. The molecule has 1 aliphatic rings. The molecular formula is C25H25FN2O3. The fraction of sp³-hybridized carbons (Fsp3) is 0.240. The lowest BCUT2D eigenvalue weighted by Crippen LogP contribution is -2.33. The van der Waals surface area contributed by atoms with Crippen molar-refractivity contribution in [3.05, 3.63) is 89.2 Å². The Hall–Kier alpha value is -3.38. The minimum Gasteiger partial charge on any atom is -0.504 e. The van der Waals surface area contributed by atoms with Gasteiger partial charge in [-0.25, -0.2) is 4.39 Å². The highest BCUT2D eigenvalue weighted by Crippen LogP contribution is 2.39. The van der Waals surface area contributed by atoms with Gasteiger partial charge < -0.3 is 14.6 Å². The van der Waals surface area contributed by atoms with Crippen molar-refractivity contribution in [2.24, 2.45) is 4.99 Å². The van der Waals surface area contributed by atoms with Crippen molar-refractivity contribution in [2.45, 2.75) is 25.6 Å². The Labute approximate surface area is 181 Å². The van der Waals surface area contributed by atoms with E-state index in [0.717, 1.165) is 17.0 Å². The second-order valence-electron chi connectivity index (χ2n) is 7.32. The number of phenolic OH excluding ortho intramolecular Hbond substituents is 1. The van der Waals surface area contributed by atoms with Gasteiger partial charge in [-0.05, 0) is 48.4 Å². The van der Waals surface area contributed by atoms with Crippen LogP contribution in [-0.2, 0) is 0 Å². The fourth-order valence-corrected chi connectivity index (χ4v) is 3.82. The van der Waals surface area contributed by atoms with Crippen LogP contribution in [0.1, 0.15) is 42.2 Å². The number of phenols is 1. The van der Waals surface area contributed by atoms with Crippen LogP contribution in [0.15, 0.2) is 71.7 Å². The molecule has 31 heavy (non-hydrogen) atoms. The minimum absolute atomic E-state index is 0.103. The average Bonchev–Trinajstić information content (AvgIpc) is 2.80. The minimum atomic E-state index is -0.467. The molecule has 0 spiro atoms. The van der Waals surface area contributed by atoms with Crippen LogP contribution in [0.5, 0.6) is 17.2 Å². The molecule has 3 aromatic carbocycles. The monoisotopic (exact) mass is 420 g/mol. The van der Waals surface area contributed by atoms with E-state index in [1.807, 2.05) is 49.4 Å². The summed E-state index contributed by atoms with van der Waals surface area (Å²) in [6.45, 7) is 2.33. The number of rotatable bonds is 6. The summed E-state index contributed by atoms with van der Waals surface area (Å²) < 4.78 is 24.8. The Bertz CT molecular complexity index is 1100. The lowest BCUT2D eigenvalue weighted by molar-refractivity contribution is 0.313. The highest BCUT2D eigenvalue weighted by Gasteiger charge is 2.28. The van der Waals surface area contributed by atoms with E-state index < -0.39 is 6.17 Å². The van der Waals surface area contributed by atoms with E-state index in [1.165, 1.54) is 12.1 Å². The summed E-state index contributed by atoms with van der Waals surface area (Å²) in [6.07, 6.45) is 0.0769. The number of aromatic hydroxyl groups is 1. The van der Waals surface area contributed by atoms with Crippen molar-refractivity contribution in [1.82, 2.24) is 5.32 Å². The number of ether oxygens (including phenoxy) is 2. The van der Waals surface area contributed by atoms with Crippen molar-refractivity contribution < 1.29 is 19.0 Å². The quantitative estimate of drug-likeness (QED) is 0.578. The number of halogens is 1. The molecule has 0 saturated heterocycles. The van der Waals surface area contributed by atoms with E-state index in [-0.39, 0.29) is 17.6 Å². The number of hydrogen-bond donors (Lipinski definition) is 2. The van der Waals surface area contributed by atoms with Crippen molar-refractivity contribution in [1.29, 1.82) is 0 Å². The zero-order valence-corrected chi connectivity index (χ0v) is 17.5. The van der Waals surface area contributed by atoms with Gasteiger partial charge in [0.25, 0.3) is 0 Å². The summed E-state index contributed by atoms with van der Waals surface area (Å²) in [5, 5.41) is 14.3. The summed E-state index contributed by atoms with van der Waals surface area (Å²) >= 11 is 0. The molecule has 6 heteroatoms. The lowest BCUT2D eigenvalue weighted by Gasteiger charge is -2.31. The van der Waals surface area contributed by atoms with Gasteiger partial charge in [-0.2, -0.15) is 0 Å². The van der Waals surface area contributed by atoms with Crippen LogP contribution in [0, 0.1) is 5.82 Å². The third-order valence-electron chi connectivity index (χ3n) is 5.31. The van der Waals surface area contributed by atoms with E-state index in [0.29, 0.717) is 29.9 Å². The van der Waals surface area contributed by atoms with Crippen molar-refractivity contribution in [2.75, 3.05) is 13.7 Å². The van der Waals surface area contributed by atoms with Gasteiger partial charge in [0.2, 0.25) is 0 Å². The smallest absolute Gasteiger partial charge is 0.162 e. The molecular weight excluding hydrogens is 395 g/mol. The molecule has 0 aliphatic carbocycles. The van der Waals surface area contributed by atoms with Crippen molar-refractivity contribution in [3.63, 3.8) is 0 Å². The van der Waals surface area contributed by atoms with Gasteiger partial charge in [-0.15, -0.1) is 0 Å². The second kappa shape index (κ2) is 9.18. The molecule has 2 atom stereocenters. The predicted molar refractivity (Wildman–Crippen MR) is 118 cm³/mol. The molecule has 1 heterocycles. The molecule has 0 saturated carbocycles. The molecule has 5 nitrogen and oxygen atoms in total. The number of benzene rings is 3. The maximum absolute atomic E-state index is 13.9. The molecule has 0 aromatic heterocycles. The van der Waals surface area contributed by atoms with Crippen LogP contribution >= 0.6 is 0 Å². The largest absolute Gasteiger partial charge is 0.504 e. The van der Waals surface area contributed by atoms with Gasteiger partial charge in [0.05, 0.1) is 13.7 Å². The SMILES string of the molecule is CCOc1cccc([C@H]2CC(c3cccc(OC)c3)=N[C@@H](c3cccc(F)c3)N2)c1O. The highest BCUT2D eigenvalue weighted by molar-refractivity contribution is 6.02. The maximum atomic E-state index is 13.9. The number of methoxy groups -OCH3 is 1. The van der Waals surface area contributed by atoms with Crippen LogP contribution in [0.4, 0.5) is 4.39 Å². The Morgan fingerprint density at radius 3 is 2.68 bits per heavy atom. The first-order valence-electron chi connectivity index (χ1n) is 10.3. The first kappa shape index (κ1) is 20.9. The number of aliphatic imine (C=N–C) groups is 1. The van der Waals surface area contributed by atoms with Crippen LogP contribution in [-0.4, -0.2) is 24.5 Å². The van der Waals surface area contributed by atoms with E-state index in [2.05, 4.69) is 5.32 Å². The highest BCUT2D eigenvalue weighted by atomic mass is 19.1. The zero-order valence-electron chi connectivity index (χ0n) is 17.5. The van der Waals surface area contributed by atoms with Gasteiger partial charge in [-0.3, -0.25) is 10.3 Å². The normalized spacial score (nSPS) is 18.4. The number of para-hydroxylation sites is 1. The lowest BCUT2D eigenvalue weighted by atomic mass is 9.93. The summed E-state index contributed by atoms with van der Waals surface area (Å²) in [6, 6.07) is 19.3. The number of hydrogen-bond acceptors (Lipinski definition) is 5. The topological polar surface area (TPSA) is 63.1 Å². The molecule has 0 amide bonds. The molecule has 0 radical (unpaired) electrons. The Morgan fingerprint density at radius 2 is 1.90 bits per heavy atom. The zero-order chi connectivity index (χ0) is 21.8. The Balaban J connectivity index is 1.77. The molecule has 0 bridgehead atoms. The molecule has 0 fully saturated rings. The van der Waals surface area contributed by atoms with E-state index in [4.69, 9.17) is 14.5 Å². The van der Waals surface area contributed by atoms with Crippen LogP contribution in [0.2, 0.25) is 0 Å². The third kappa shape index (κ3) is 4.54. The molecule has 1 aliphatic heterocycles. The summed E-state index contributed by atoms with van der Waals surface area (Å²) in [7, 11) is 1.62. The first-order valence-corrected chi connectivity index (χ1v) is 10.3. The Morgan fingerprint density at radius 1 is 1.10 bits per heavy atom. The summed E-state index contributed by atoms with van der Waals surface area (Å²) in [5.41, 5.74) is 3.19. The standard InChI is InChI=1S/C25H25FN2O3/c1-3-31-23-12-6-11-20(24(23)29)22-15-21(16-7-5-10-19(14-16)30-2)27-25(28-22)17-8-4-9-18(26)13-17/h4-14,22,25,28-29H,3,15H2,1-2H3/t22-,25-/m1/s1. The van der Waals surface area contributed by atoms with E-state index >= 15 is 0 Å². The molecule has 2 N–H and O–H groups in total. The Kier molecular flexibility index (Phi) is 6.18. The van der Waals surface area contributed by atoms with Gasteiger partial charge in [0.15, 0.2) is 11.5 Å². The van der Waals surface area contributed by atoms with Crippen LogP contribution in [0.3, 0.4) is 0 Å². The molecule has 3 aromatic rings. The first-order chi connectivity index (χ1) is 15.1. The number of nitrogens with one attached hydrogen (secondary N) is 1. The second-order valence-corrected chi connectivity index (χ2v) is 7.32. The average molecular weight is 420 g/mol. The molecule has 4 rings (SSSR count). The van der Waals surface area contributed by atoms with Crippen LogP contribution < -0.4 is 14.8 Å². The number of nitrogens with zero attached hydrogens (tertiary/aromatic N) is 1. The van der Waals surface area contributed by atoms with Crippen LogP contribution in [0.25, 0.3) is 0 Å². The summed E-state index contributed by atoms with van der Waals surface area (Å²) in [4.78, 5) is 4.87. The molecule has 0 unspecified atom stereocenters. The molecule has 160 valence electrons. The maximum Gasteiger partial charge on any atom is 0.162 e. The van der Waals surface area contributed by atoms with E-state index in [9.17, 15) is 9.50 Å². The van der Waals surface area contributed by atoms with Crippen molar-refractivity contribution >= 4 is 5.71 Å². The summed E-state index contributed by atoms with van der Waals surface area (Å²) in [5.74, 6) is 0.959. The van der Waals surface area contributed by atoms with Gasteiger partial charge in [0, 0.05) is 23.7 Å².